The average Bonchev–Trinajstić information content (AvgIpc) is 2.47. The Hall–Kier alpha value is -1.01. The van der Waals surface area contributed by atoms with Crippen LogP contribution in [0.2, 0.25) is 10.0 Å². The van der Waals surface area contributed by atoms with Gasteiger partial charge in [-0.05, 0) is 17.7 Å². The molecule has 0 saturated carbocycles. The molecule has 0 atom stereocenters. The predicted octanol–water partition coefficient (Wildman–Crippen LogP) is 2.32. The fourth-order valence-corrected chi connectivity index (χ4v) is 2.03. The molecule has 0 heterocycles. The Morgan fingerprint density at radius 3 is 2.67 bits per heavy atom. The van der Waals surface area contributed by atoms with E-state index in [-0.39, 0.29) is 0 Å². The Morgan fingerprint density at radius 2 is 2.00 bits per heavy atom. The Balaban J connectivity index is 2.28. The maximum absolute atomic E-state index is 6.11. The molecule has 0 aliphatic heterocycles. The highest BCUT2D eigenvalue weighted by atomic mass is 35.5. The molecule has 0 amide bonds. The first-order valence-corrected chi connectivity index (χ1v) is 7.38. The van der Waals surface area contributed by atoms with Gasteiger partial charge in [-0.3, -0.25) is 4.99 Å². The number of hydrogen-bond acceptors (Lipinski definition) is 3. The van der Waals surface area contributed by atoms with Crippen molar-refractivity contribution in [3.63, 3.8) is 0 Å². The summed E-state index contributed by atoms with van der Waals surface area (Å²) >= 11 is 12.0. The van der Waals surface area contributed by atoms with Crippen molar-refractivity contribution in [1.29, 1.82) is 0 Å². The molecular formula is C14H21Cl2N3O2. The highest BCUT2D eigenvalue weighted by Gasteiger charge is 2.03. The second kappa shape index (κ2) is 10.7. The zero-order chi connectivity index (χ0) is 15.5. The molecular weight excluding hydrogens is 313 g/mol. The Kier molecular flexibility index (Phi) is 9.17. The average molecular weight is 334 g/mol. The topological polar surface area (TPSA) is 54.9 Å². The third kappa shape index (κ3) is 7.52. The van der Waals surface area contributed by atoms with Gasteiger partial charge in [0.2, 0.25) is 0 Å². The van der Waals surface area contributed by atoms with Gasteiger partial charge >= 0.3 is 0 Å². The van der Waals surface area contributed by atoms with Crippen LogP contribution in [0.15, 0.2) is 23.2 Å². The summed E-state index contributed by atoms with van der Waals surface area (Å²) in [6.45, 7) is 3.01. The standard InChI is InChI=1S/C14H21Cl2N3O2/c1-17-14(18-5-6-21-8-7-20-2)19-10-11-3-4-12(15)9-13(11)16/h3-4,9H,5-8,10H2,1-2H3,(H2,17,18,19). The summed E-state index contributed by atoms with van der Waals surface area (Å²) in [5.41, 5.74) is 0.959. The molecule has 1 aromatic carbocycles. The van der Waals surface area contributed by atoms with E-state index in [1.54, 1.807) is 20.2 Å². The molecule has 1 aromatic rings. The molecule has 2 N–H and O–H groups in total. The number of benzene rings is 1. The fraction of sp³-hybridized carbons (Fsp3) is 0.500. The zero-order valence-corrected chi connectivity index (χ0v) is 13.8. The highest BCUT2D eigenvalue weighted by Crippen LogP contribution is 2.20. The Bertz CT molecular complexity index is 456. The molecule has 0 fully saturated rings. The Morgan fingerprint density at radius 1 is 1.19 bits per heavy atom. The van der Waals surface area contributed by atoms with E-state index in [1.165, 1.54) is 0 Å². The quantitative estimate of drug-likeness (QED) is 0.435. The van der Waals surface area contributed by atoms with Crippen LogP contribution in [-0.4, -0.2) is 46.5 Å². The molecule has 0 radical (unpaired) electrons. The van der Waals surface area contributed by atoms with Gasteiger partial charge in [0.15, 0.2) is 5.96 Å². The molecule has 118 valence electrons. The molecule has 5 nitrogen and oxygen atoms in total. The number of nitrogens with zero attached hydrogens (tertiary/aromatic N) is 1. The first-order valence-electron chi connectivity index (χ1n) is 6.62. The van der Waals surface area contributed by atoms with Crippen LogP contribution in [0.3, 0.4) is 0 Å². The van der Waals surface area contributed by atoms with Crippen LogP contribution in [0, 0.1) is 0 Å². The van der Waals surface area contributed by atoms with E-state index in [4.69, 9.17) is 32.7 Å². The molecule has 0 aliphatic rings. The summed E-state index contributed by atoms with van der Waals surface area (Å²) in [4.78, 5) is 4.13. The summed E-state index contributed by atoms with van der Waals surface area (Å²) in [5, 5.41) is 7.59. The number of methoxy groups -OCH3 is 1. The minimum atomic E-state index is 0.570. The van der Waals surface area contributed by atoms with Crippen molar-refractivity contribution < 1.29 is 9.47 Å². The van der Waals surface area contributed by atoms with Crippen molar-refractivity contribution in [2.75, 3.05) is 40.5 Å². The predicted molar refractivity (Wildman–Crippen MR) is 87.4 cm³/mol. The lowest BCUT2D eigenvalue weighted by Crippen LogP contribution is -2.38. The summed E-state index contributed by atoms with van der Waals surface area (Å²) in [6, 6.07) is 5.42. The minimum Gasteiger partial charge on any atom is -0.382 e. The first-order chi connectivity index (χ1) is 10.2. The molecule has 0 aromatic heterocycles. The summed E-state index contributed by atoms with van der Waals surface area (Å²) < 4.78 is 10.3. The van der Waals surface area contributed by atoms with Gasteiger partial charge in [-0.2, -0.15) is 0 Å². The van der Waals surface area contributed by atoms with E-state index in [0.29, 0.717) is 48.9 Å². The first kappa shape index (κ1) is 18.0. The molecule has 0 saturated heterocycles. The van der Waals surface area contributed by atoms with Crippen molar-refractivity contribution >= 4 is 29.2 Å². The third-order valence-corrected chi connectivity index (χ3v) is 3.24. The number of halogens is 2. The lowest BCUT2D eigenvalue weighted by Gasteiger charge is -2.13. The highest BCUT2D eigenvalue weighted by molar-refractivity contribution is 6.35. The lowest BCUT2D eigenvalue weighted by molar-refractivity contribution is 0.0733. The van der Waals surface area contributed by atoms with Crippen molar-refractivity contribution in [2.24, 2.45) is 4.99 Å². The van der Waals surface area contributed by atoms with Crippen LogP contribution in [0.4, 0.5) is 0 Å². The maximum Gasteiger partial charge on any atom is 0.191 e. The van der Waals surface area contributed by atoms with Crippen molar-refractivity contribution in [2.45, 2.75) is 6.54 Å². The number of hydrogen-bond donors (Lipinski definition) is 2. The van der Waals surface area contributed by atoms with Gasteiger partial charge in [-0.25, -0.2) is 0 Å². The van der Waals surface area contributed by atoms with E-state index < -0.39 is 0 Å². The minimum absolute atomic E-state index is 0.570. The molecule has 7 heteroatoms. The van der Waals surface area contributed by atoms with E-state index in [0.717, 1.165) is 5.56 Å². The summed E-state index contributed by atoms with van der Waals surface area (Å²) in [5.74, 6) is 0.691. The molecule has 0 spiro atoms. The largest absolute Gasteiger partial charge is 0.382 e. The van der Waals surface area contributed by atoms with Crippen molar-refractivity contribution in [3.8, 4) is 0 Å². The van der Waals surface area contributed by atoms with Crippen LogP contribution in [0.25, 0.3) is 0 Å². The van der Waals surface area contributed by atoms with Crippen LogP contribution in [0.5, 0.6) is 0 Å². The SMILES string of the molecule is CN=C(NCCOCCOC)NCc1ccc(Cl)cc1Cl. The van der Waals surface area contributed by atoms with Crippen LogP contribution >= 0.6 is 23.2 Å². The molecule has 1 rings (SSSR count). The monoisotopic (exact) mass is 333 g/mol. The summed E-state index contributed by atoms with van der Waals surface area (Å²) in [7, 11) is 3.36. The van der Waals surface area contributed by atoms with E-state index in [9.17, 15) is 0 Å². The number of aliphatic imine (C=N–C) groups is 1. The van der Waals surface area contributed by atoms with Gasteiger partial charge in [0.05, 0.1) is 19.8 Å². The molecule has 0 unspecified atom stereocenters. The smallest absolute Gasteiger partial charge is 0.191 e. The molecule has 0 aliphatic carbocycles. The molecule has 21 heavy (non-hydrogen) atoms. The van der Waals surface area contributed by atoms with Gasteiger partial charge in [-0.1, -0.05) is 29.3 Å². The second-order valence-electron chi connectivity index (χ2n) is 4.19. The number of nitrogens with one attached hydrogen (secondary N) is 2. The van der Waals surface area contributed by atoms with E-state index in [2.05, 4.69) is 15.6 Å². The third-order valence-electron chi connectivity index (χ3n) is 2.66. The fourth-order valence-electron chi connectivity index (χ4n) is 1.55. The Labute approximate surface area is 135 Å². The van der Waals surface area contributed by atoms with Gasteiger partial charge in [0, 0.05) is 37.3 Å². The van der Waals surface area contributed by atoms with Crippen molar-refractivity contribution in [3.05, 3.63) is 33.8 Å². The van der Waals surface area contributed by atoms with E-state index >= 15 is 0 Å². The zero-order valence-electron chi connectivity index (χ0n) is 12.3. The number of ether oxygens (including phenoxy) is 2. The van der Waals surface area contributed by atoms with Gasteiger partial charge < -0.3 is 20.1 Å². The van der Waals surface area contributed by atoms with Crippen molar-refractivity contribution in [1.82, 2.24) is 10.6 Å². The maximum atomic E-state index is 6.11. The van der Waals surface area contributed by atoms with Gasteiger partial charge in [-0.15, -0.1) is 0 Å². The lowest BCUT2D eigenvalue weighted by atomic mass is 10.2. The number of guanidine groups is 1. The summed E-state index contributed by atoms with van der Waals surface area (Å²) in [6.07, 6.45) is 0. The second-order valence-corrected chi connectivity index (χ2v) is 5.04. The van der Waals surface area contributed by atoms with Crippen LogP contribution in [0.1, 0.15) is 5.56 Å². The number of rotatable bonds is 8. The molecule has 0 bridgehead atoms. The van der Waals surface area contributed by atoms with Gasteiger partial charge in [0.25, 0.3) is 0 Å². The van der Waals surface area contributed by atoms with Crippen LogP contribution in [-0.2, 0) is 16.0 Å². The van der Waals surface area contributed by atoms with Crippen LogP contribution < -0.4 is 10.6 Å². The van der Waals surface area contributed by atoms with E-state index in [1.807, 2.05) is 12.1 Å². The van der Waals surface area contributed by atoms with Gasteiger partial charge in [0.1, 0.15) is 0 Å². The normalized spacial score (nSPS) is 11.5.